The van der Waals surface area contributed by atoms with Crippen molar-refractivity contribution >= 4 is 0 Å². The lowest BCUT2D eigenvalue weighted by Gasteiger charge is -2.18. The Labute approximate surface area is 74.9 Å². The van der Waals surface area contributed by atoms with Crippen molar-refractivity contribution in [3.05, 3.63) is 0 Å². The molecule has 0 bridgehead atoms. The van der Waals surface area contributed by atoms with Crippen LogP contribution in [0.3, 0.4) is 0 Å². The zero-order valence-corrected chi connectivity index (χ0v) is 8.12. The van der Waals surface area contributed by atoms with Crippen molar-refractivity contribution in [1.29, 1.82) is 0 Å². The van der Waals surface area contributed by atoms with Crippen molar-refractivity contribution in [3.63, 3.8) is 0 Å². The number of hydrogen-bond donors (Lipinski definition) is 1. The van der Waals surface area contributed by atoms with E-state index in [0.29, 0.717) is 12.5 Å². The van der Waals surface area contributed by atoms with Gasteiger partial charge in [-0.2, -0.15) is 0 Å². The SMILES string of the molecule is CC(C)OCC(O)C1CCCC1. The first-order valence-corrected chi connectivity index (χ1v) is 5.00. The average Bonchev–Trinajstić information content (AvgIpc) is 2.51. The third-order valence-corrected chi connectivity index (χ3v) is 2.54. The highest BCUT2D eigenvalue weighted by molar-refractivity contribution is 4.74. The Kier molecular flexibility index (Phi) is 4.02. The van der Waals surface area contributed by atoms with Crippen LogP contribution >= 0.6 is 0 Å². The van der Waals surface area contributed by atoms with Crippen LogP contribution in [0.25, 0.3) is 0 Å². The van der Waals surface area contributed by atoms with Gasteiger partial charge in [-0.3, -0.25) is 0 Å². The molecule has 2 heteroatoms. The summed E-state index contributed by atoms with van der Waals surface area (Å²) in [4.78, 5) is 0. The summed E-state index contributed by atoms with van der Waals surface area (Å²) in [5.74, 6) is 0.503. The maximum atomic E-state index is 9.67. The molecule has 2 nitrogen and oxygen atoms in total. The Morgan fingerprint density at radius 1 is 1.33 bits per heavy atom. The van der Waals surface area contributed by atoms with Gasteiger partial charge in [-0.15, -0.1) is 0 Å². The molecule has 0 aliphatic heterocycles. The minimum atomic E-state index is -0.227. The fourth-order valence-corrected chi connectivity index (χ4v) is 1.77. The maximum Gasteiger partial charge on any atom is 0.0801 e. The van der Waals surface area contributed by atoms with Crippen LogP contribution in [-0.2, 0) is 4.74 Å². The predicted octanol–water partition coefficient (Wildman–Crippen LogP) is 1.96. The fourth-order valence-electron chi connectivity index (χ4n) is 1.77. The van der Waals surface area contributed by atoms with E-state index in [0.717, 1.165) is 0 Å². The highest BCUT2D eigenvalue weighted by Gasteiger charge is 2.23. The van der Waals surface area contributed by atoms with Gasteiger partial charge in [-0.25, -0.2) is 0 Å². The summed E-state index contributed by atoms with van der Waals surface area (Å²) in [5.41, 5.74) is 0. The highest BCUT2D eigenvalue weighted by atomic mass is 16.5. The van der Waals surface area contributed by atoms with Crippen LogP contribution in [0.2, 0.25) is 0 Å². The molecule has 1 saturated carbocycles. The molecule has 1 aliphatic rings. The quantitative estimate of drug-likeness (QED) is 0.702. The zero-order valence-electron chi connectivity index (χ0n) is 8.12. The second-order valence-corrected chi connectivity index (χ2v) is 3.99. The summed E-state index contributed by atoms with van der Waals surface area (Å²) >= 11 is 0. The molecule has 0 radical (unpaired) electrons. The largest absolute Gasteiger partial charge is 0.390 e. The molecule has 1 aliphatic carbocycles. The summed E-state index contributed by atoms with van der Waals surface area (Å²) in [6.45, 7) is 4.52. The molecule has 1 atom stereocenters. The molecule has 1 rings (SSSR count). The van der Waals surface area contributed by atoms with Crippen LogP contribution in [0.5, 0.6) is 0 Å². The molecular formula is C10H20O2. The van der Waals surface area contributed by atoms with Crippen molar-refractivity contribution in [2.45, 2.75) is 51.7 Å². The van der Waals surface area contributed by atoms with Crippen LogP contribution in [-0.4, -0.2) is 23.9 Å². The van der Waals surface area contributed by atoms with E-state index in [1.54, 1.807) is 0 Å². The van der Waals surface area contributed by atoms with Crippen LogP contribution in [0, 0.1) is 5.92 Å². The maximum absolute atomic E-state index is 9.67. The number of hydrogen-bond acceptors (Lipinski definition) is 2. The normalized spacial score (nSPS) is 22.0. The first kappa shape index (κ1) is 10.0. The lowest BCUT2D eigenvalue weighted by atomic mass is 10.0. The van der Waals surface area contributed by atoms with E-state index in [-0.39, 0.29) is 12.2 Å². The van der Waals surface area contributed by atoms with Gasteiger partial charge in [0.1, 0.15) is 0 Å². The van der Waals surface area contributed by atoms with Crippen molar-refractivity contribution in [2.24, 2.45) is 5.92 Å². The Bertz CT molecular complexity index is 117. The van der Waals surface area contributed by atoms with Crippen molar-refractivity contribution in [2.75, 3.05) is 6.61 Å². The Morgan fingerprint density at radius 3 is 2.42 bits per heavy atom. The zero-order chi connectivity index (χ0) is 8.97. The lowest BCUT2D eigenvalue weighted by molar-refractivity contribution is -0.0181. The van der Waals surface area contributed by atoms with Gasteiger partial charge in [0, 0.05) is 0 Å². The average molecular weight is 172 g/mol. The molecule has 0 heterocycles. The van der Waals surface area contributed by atoms with E-state index in [4.69, 9.17) is 4.74 Å². The summed E-state index contributed by atoms with van der Waals surface area (Å²) < 4.78 is 5.37. The molecule has 0 spiro atoms. The molecule has 0 amide bonds. The topological polar surface area (TPSA) is 29.5 Å². The molecule has 0 saturated heterocycles. The van der Waals surface area contributed by atoms with E-state index in [1.165, 1.54) is 25.7 Å². The van der Waals surface area contributed by atoms with Crippen molar-refractivity contribution in [1.82, 2.24) is 0 Å². The third kappa shape index (κ3) is 3.11. The molecule has 0 aromatic carbocycles. The standard InChI is InChI=1S/C10H20O2/c1-8(2)12-7-10(11)9-5-3-4-6-9/h8-11H,3-7H2,1-2H3. The number of rotatable bonds is 4. The molecular weight excluding hydrogens is 152 g/mol. The smallest absolute Gasteiger partial charge is 0.0801 e. The van der Waals surface area contributed by atoms with Crippen LogP contribution in [0.1, 0.15) is 39.5 Å². The van der Waals surface area contributed by atoms with E-state index in [1.807, 2.05) is 13.8 Å². The summed E-state index contributed by atoms with van der Waals surface area (Å²) in [5, 5.41) is 9.67. The molecule has 1 N–H and O–H groups in total. The molecule has 0 aromatic heterocycles. The highest BCUT2D eigenvalue weighted by Crippen LogP contribution is 2.27. The van der Waals surface area contributed by atoms with Gasteiger partial charge in [-0.1, -0.05) is 12.8 Å². The minimum absolute atomic E-state index is 0.227. The van der Waals surface area contributed by atoms with Crippen molar-refractivity contribution in [3.8, 4) is 0 Å². The summed E-state index contributed by atoms with van der Waals surface area (Å²) in [6.07, 6.45) is 4.94. The van der Waals surface area contributed by atoms with E-state index < -0.39 is 0 Å². The van der Waals surface area contributed by atoms with Crippen molar-refractivity contribution < 1.29 is 9.84 Å². The van der Waals surface area contributed by atoms with E-state index in [9.17, 15) is 5.11 Å². The number of ether oxygens (including phenoxy) is 1. The second kappa shape index (κ2) is 4.83. The lowest BCUT2D eigenvalue weighted by Crippen LogP contribution is -2.25. The molecule has 1 fully saturated rings. The monoisotopic (exact) mass is 172 g/mol. The van der Waals surface area contributed by atoms with Crippen LogP contribution in [0.4, 0.5) is 0 Å². The number of aliphatic hydroxyl groups is 1. The molecule has 72 valence electrons. The predicted molar refractivity (Wildman–Crippen MR) is 49.1 cm³/mol. The Hall–Kier alpha value is -0.0800. The summed E-state index contributed by atoms with van der Waals surface area (Å²) in [6, 6.07) is 0. The molecule has 1 unspecified atom stereocenters. The second-order valence-electron chi connectivity index (χ2n) is 3.99. The van der Waals surface area contributed by atoms with Gasteiger partial charge in [0.25, 0.3) is 0 Å². The van der Waals surface area contributed by atoms with E-state index >= 15 is 0 Å². The molecule has 0 aromatic rings. The fraction of sp³-hybridized carbons (Fsp3) is 1.00. The molecule has 12 heavy (non-hydrogen) atoms. The van der Waals surface area contributed by atoms with Gasteiger partial charge in [-0.05, 0) is 32.6 Å². The van der Waals surface area contributed by atoms with Gasteiger partial charge >= 0.3 is 0 Å². The van der Waals surface area contributed by atoms with Gasteiger partial charge < -0.3 is 9.84 Å². The van der Waals surface area contributed by atoms with Gasteiger partial charge in [0.2, 0.25) is 0 Å². The van der Waals surface area contributed by atoms with Crippen LogP contribution in [0.15, 0.2) is 0 Å². The van der Waals surface area contributed by atoms with Crippen LogP contribution < -0.4 is 0 Å². The van der Waals surface area contributed by atoms with Gasteiger partial charge in [0.05, 0.1) is 18.8 Å². The Balaban J connectivity index is 2.13. The Morgan fingerprint density at radius 2 is 1.92 bits per heavy atom. The summed E-state index contributed by atoms with van der Waals surface area (Å²) in [7, 11) is 0. The van der Waals surface area contributed by atoms with Gasteiger partial charge in [0.15, 0.2) is 0 Å². The first-order valence-electron chi connectivity index (χ1n) is 5.00. The minimum Gasteiger partial charge on any atom is -0.390 e. The number of aliphatic hydroxyl groups excluding tert-OH is 1. The first-order chi connectivity index (χ1) is 5.70. The third-order valence-electron chi connectivity index (χ3n) is 2.54. The van der Waals surface area contributed by atoms with E-state index in [2.05, 4.69) is 0 Å².